The van der Waals surface area contributed by atoms with Gasteiger partial charge in [-0.1, -0.05) is 6.07 Å². The second-order valence-corrected chi connectivity index (χ2v) is 4.59. The van der Waals surface area contributed by atoms with Crippen molar-refractivity contribution in [3.05, 3.63) is 53.1 Å². The smallest absolute Gasteiger partial charge is 0.248 e. The van der Waals surface area contributed by atoms with Crippen molar-refractivity contribution in [2.45, 2.75) is 13.5 Å². The van der Waals surface area contributed by atoms with Crippen LogP contribution in [-0.4, -0.2) is 18.1 Å². The fraction of sp³-hybridized carbons (Fsp3) is 0.188. The van der Waals surface area contributed by atoms with Crippen molar-refractivity contribution in [1.82, 2.24) is 0 Å². The van der Waals surface area contributed by atoms with Crippen LogP contribution in [0.5, 0.6) is 17.2 Å². The van der Waals surface area contributed by atoms with E-state index in [2.05, 4.69) is 0 Å². The Bertz CT molecular complexity index is 667. The number of hydrogen-bond donors (Lipinski definition) is 2. The van der Waals surface area contributed by atoms with Crippen molar-refractivity contribution in [2.24, 2.45) is 5.73 Å². The van der Waals surface area contributed by atoms with Gasteiger partial charge in [-0.15, -0.1) is 0 Å². The molecule has 0 saturated carbocycles. The first-order valence-corrected chi connectivity index (χ1v) is 6.41. The van der Waals surface area contributed by atoms with Gasteiger partial charge in [0, 0.05) is 5.56 Å². The molecule has 0 aliphatic heterocycles. The van der Waals surface area contributed by atoms with E-state index in [9.17, 15) is 4.79 Å². The summed E-state index contributed by atoms with van der Waals surface area (Å²) in [5.74, 6) is 1.16. The summed E-state index contributed by atoms with van der Waals surface area (Å²) in [6, 6.07) is 10.2. The Morgan fingerprint density at radius 1 is 1.19 bits per heavy atom. The van der Waals surface area contributed by atoms with Crippen molar-refractivity contribution in [3.63, 3.8) is 0 Å². The molecule has 0 unspecified atom stereocenters. The number of methoxy groups -OCH3 is 1. The molecule has 0 radical (unpaired) electrons. The van der Waals surface area contributed by atoms with Crippen LogP contribution in [0.3, 0.4) is 0 Å². The summed E-state index contributed by atoms with van der Waals surface area (Å²) in [4.78, 5) is 11.2. The average molecular weight is 287 g/mol. The molecule has 5 heteroatoms. The molecule has 0 bridgehead atoms. The number of carbonyl (C=O) groups is 1. The second-order valence-electron chi connectivity index (χ2n) is 4.59. The maximum absolute atomic E-state index is 11.2. The number of carbonyl (C=O) groups excluding carboxylic acids is 1. The third-order valence-electron chi connectivity index (χ3n) is 3.10. The van der Waals surface area contributed by atoms with Crippen LogP contribution in [0.25, 0.3) is 0 Å². The Morgan fingerprint density at radius 3 is 2.52 bits per heavy atom. The van der Waals surface area contributed by atoms with E-state index in [0.717, 1.165) is 11.1 Å². The number of aryl methyl sites for hydroxylation is 1. The van der Waals surface area contributed by atoms with Crippen LogP contribution >= 0.6 is 0 Å². The molecule has 0 aromatic heterocycles. The first-order valence-electron chi connectivity index (χ1n) is 6.41. The van der Waals surface area contributed by atoms with Gasteiger partial charge in [-0.3, -0.25) is 4.79 Å². The quantitative estimate of drug-likeness (QED) is 0.884. The van der Waals surface area contributed by atoms with E-state index < -0.39 is 5.91 Å². The van der Waals surface area contributed by atoms with Crippen LogP contribution in [0.2, 0.25) is 0 Å². The highest BCUT2D eigenvalue weighted by molar-refractivity contribution is 5.94. The number of aliphatic hydroxyl groups is 1. The molecule has 2 aromatic carbocycles. The number of rotatable bonds is 5. The Kier molecular flexibility index (Phi) is 4.45. The van der Waals surface area contributed by atoms with Gasteiger partial charge >= 0.3 is 0 Å². The van der Waals surface area contributed by atoms with E-state index in [1.54, 1.807) is 43.3 Å². The summed E-state index contributed by atoms with van der Waals surface area (Å²) in [5.41, 5.74) is 7.21. The lowest BCUT2D eigenvalue weighted by atomic mass is 10.1. The zero-order valence-corrected chi connectivity index (χ0v) is 11.9. The Labute approximate surface area is 122 Å². The third-order valence-corrected chi connectivity index (χ3v) is 3.10. The number of hydrogen-bond acceptors (Lipinski definition) is 4. The maximum Gasteiger partial charge on any atom is 0.248 e. The highest BCUT2D eigenvalue weighted by Crippen LogP contribution is 2.33. The number of nitrogens with two attached hydrogens (primary N) is 1. The molecule has 0 atom stereocenters. The van der Waals surface area contributed by atoms with E-state index in [4.69, 9.17) is 20.3 Å². The lowest BCUT2D eigenvalue weighted by Gasteiger charge is -2.12. The first-order chi connectivity index (χ1) is 10.0. The van der Waals surface area contributed by atoms with Gasteiger partial charge in [-0.05, 0) is 48.4 Å². The highest BCUT2D eigenvalue weighted by atomic mass is 16.5. The van der Waals surface area contributed by atoms with Crippen LogP contribution in [0.1, 0.15) is 21.5 Å². The van der Waals surface area contributed by atoms with Crippen LogP contribution in [-0.2, 0) is 6.61 Å². The minimum atomic E-state index is -0.469. The molecule has 21 heavy (non-hydrogen) atoms. The SMILES string of the molecule is COc1cc(CO)ccc1Oc1ccc(C(N)=O)c(C)c1. The molecular formula is C16H17NO4. The van der Waals surface area contributed by atoms with Crippen LogP contribution in [0.15, 0.2) is 36.4 Å². The fourth-order valence-corrected chi connectivity index (χ4v) is 2.00. The topological polar surface area (TPSA) is 81.8 Å². The van der Waals surface area contributed by atoms with Gasteiger partial charge in [0.25, 0.3) is 0 Å². The van der Waals surface area contributed by atoms with Crippen LogP contribution < -0.4 is 15.2 Å². The van der Waals surface area contributed by atoms with Crippen LogP contribution in [0, 0.1) is 6.92 Å². The average Bonchev–Trinajstić information content (AvgIpc) is 2.47. The zero-order valence-electron chi connectivity index (χ0n) is 11.9. The van der Waals surface area contributed by atoms with Gasteiger partial charge in [0.15, 0.2) is 11.5 Å². The molecule has 3 N–H and O–H groups in total. The molecule has 110 valence electrons. The summed E-state index contributed by atoms with van der Waals surface area (Å²) in [6.07, 6.45) is 0. The van der Waals surface area contributed by atoms with Gasteiger partial charge in [-0.2, -0.15) is 0 Å². The van der Waals surface area contributed by atoms with Crippen molar-refractivity contribution >= 4 is 5.91 Å². The lowest BCUT2D eigenvalue weighted by Crippen LogP contribution is -2.12. The molecule has 0 fully saturated rings. The van der Waals surface area contributed by atoms with Crippen molar-refractivity contribution in [1.29, 1.82) is 0 Å². The monoisotopic (exact) mass is 287 g/mol. The van der Waals surface area contributed by atoms with Crippen molar-refractivity contribution in [3.8, 4) is 17.2 Å². The third kappa shape index (κ3) is 3.32. The molecule has 0 aliphatic carbocycles. The molecule has 0 heterocycles. The van der Waals surface area contributed by atoms with E-state index in [-0.39, 0.29) is 6.61 Å². The first kappa shape index (κ1) is 14.9. The number of benzene rings is 2. The summed E-state index contributed by atoms with van der Waals surface area (Å²) in [5, 5.41) is 9.12. The standard InChI is InChI=1S/C16H17NO4/c1-10-7-12(4-5-13(10)16(17)19)21-14-6-3-11(9-18)8-15(14)20-2/h3-8,18H,9H2,1-2H3,(H2,17,19). The summed E-state index contributed by atoms with van der Waals surface area (Å²) in [7, 11) is 1.53. The van der Waals surface area contributed by atoms with Gasteiger partial charge < -0.3 is 20.3 Å². The molecule has 2 aromatic rings. The molecule has 2 rings (SSSR count). The number of amides is 1. The van der Waals surface area contributed by atoms with E-state index in [0.29, 0.717) is 22.8 Å². The predicted octanol–water partition coefficient (Wildman–Crippen LogP) is 2.39. The van der Waals surface area contributed by atoms with E-state index in [1.165, 1.54) is 7.11 Å². The minimum Gasteiger partial charge on any atom is -0.493 e. The molecular weight excluding hydrogens is 270 g/mol. The number of aliphatic hydroxyl groups excluding tert-OH is 1. The predicted molar refractivity (Wildman–Crippen MR) is 78.7 cm³/mol. The van der Waals surface area contributed by atoms with E-state index >= 15 is 0 Å². The Morgan fingerprint density at radius 2 is 1.95 bits per heavy atom. The van der Waals surface area contributed by atoms with Crippen LogP contribution in [0.4, 0.5) is 0 Å². The lowest BCUT2D eigenvalue weighted by molar-refractivity contribution is 0.0999. The van der Waals surface area contributed by atoms with Gasteiger partial charge in [0.2, 0.25) is 5.91 Å². The minimum absolute atomic E-state index is 0.0664. The fourth-order valence-electron chi connectivity index (χ4n) is 2.00. The Balaban J connectivity index is 2.30. The molecule has 0 saturated heterocycles. The summed E-state index contributed by atoms with van der Waals surface area (Å²) < 4.78 is 11.0. The largest absolute Gasteiger partial charge is 0.493 e. The molecule has 0 aliphatic rings. The normalized spacial score (nSPS) is 10.2. The molecule has 0 spiro atoms. The van der Waals surface area contributed by atoms with Gasteiger partial charge in [0.05, 0.1) is 13.7 Å². The van der Waals surface area contributed by atoms with Gasteiger partial charge in [0.1, 0.15) is 5.75 Å². The summed E-state index contributed by atoms with van der Waals surface area (Å²) >= 11 is 0. The maximum atomic E-state index is 11.2. The van der Waals surface area contributed by atoms with Crippen molar-refractivity contribution in [2.75, 3.05) is 7.11 Å². The van der Waals surface area contributed by atoms with Gasteiger partial charge in [-0.25, -0.2) is 0 Å². The zero-order chi connectivity index (χ0) is 15.4. The molecule has 1 amide bonds. The van der Waals surface area contributed by atoms with Crippen molar-refractivity contribution < 1.29 is 19.4 Å². The highest BCUT2D eigenvalue weighted by Gasteiger charge is 2.09. The summed E-state index contributed by atoms with van der Waals surface area (Å²) in [6.45, 7) is 1.72. The number of ether oxygens (including phenoxy) is 2. The van der Waals surface area contributed by atoms with E-state index in [1.807, 2.05) is 0 Å². The second kappa shape index (κ2) is 6.28. The molecule has 5 nitrogen and oxygen atoms in total. The number of primary amides is 1. The Hall–Kier alpha value is -2.53.